The Hall–Kier alpha value is -0.280. The highest BCUT2D eigenvalue weighted by Gasteiger charge is 2.25. The van der Waals surface area contributed by atoms with Crippen molar-refractivity contribution >= 4 is 23.2 Å². The van der Waals surface area contributed by atoms with E-state index in [1.807, 2.05) is 12.1 Å². The lowest BCUT2D eigenvalue weighted by atomic mass is 9.93. The lowest BCUT2D eigenvalue weighted by Gasteiger charge is -2.24. The van der Waals surface area contributed by atoms with Crippen LogP contribution in [0.4, 0.5) is 0 Å². The molecule has 0 spiro atoms. The predicted molar refractivity (Wildman–Crippen MR) is 81.2 cm³/mol. The van der Waals surface area contributed by atoms with Gasteiger partial charge >= 0.3 is 0 Å². The molecular formula is C15H21Cl2NO. The lowest BCUT2D eigenvalue weighted by Crippen LogP contribution is -2.38. The Bertz CT molecular complexity index is 405. The fourth-order valence-electron chi connectivity index (χ4n) is 2.53. The van der Waals surface area contributed by atoms with Crippen LogP contribution in [0.2, 0.25) is 10.0 Å². The minimum Gasteiger partial charge on any atom is -0.381 e. The zero-order chi connectivity index (χ0) is 13.7. The molecule has 1 aromatic rings. The van der Waals surface area contributed by atoms with Crippen molar-refractivity contribution in [3.05, 3.63) is 33.8 Å². The second kappa shape index (κ2) is 7.49. The fourth-order valence-corrected chi connectivity index (χ4v) is 2.85. The summed E-state index contributed by atoms with van der Waals surface area (Å²) < 4.78 is 5.51. The minimum absolute atomic E-state index is 0.458. The van der Waals surface area contributed by atoms with Crippen LogP contribution in [0.5, 0.6) is 0 Å². The average Bonchev–Trinajstić information content (AvgIpc) is 2.92. The van der Waals surface area contributed by atoms with E-state index >= 15 is 0 Å². The summed E-state index contributed by atoms with van der Waals surface area (Å²) >= 11 is 12.0. The molecular weight excluding hydrogens is 281 g/mol. The van der Waals surface area contributed by atoms with Crippen molar-refractivity contribution in [1.82, 2.24) is 5.32 Å². The van der Waals surface area contributed by atoms with Crippen LogP contribution in [0.3, 0.4) is 0 Å². The minimum atomic E-state index is 0.458. The Kier molecular flexibility index (Phi) is 5.96. The van der Waals surface area contributed by atoms with E-state index in [0.29, 0.717) is 22.0 Å². The summed E-state index contributed by atoms with van der Waals surface area (Å²) in [5, 5.41) is 4.89. The largest absolute Gasteiger partial charge is 0.381 e. The van der Waals surface area contributed by atoms with Crippen LogP contribution in [0.1, 0.15) is 25.3 Å². The lowest BCUT2D eigenvalue weighted by molar-refractivity contribution is 0.176. The summed E-state index contributed by atoms with van der Waals surface area (Å²) in [6.07, 6.45) is 3.26. The highest BCUT2D eigenvalue weighted by atomic mass is 35.5. The summed E-state index contributed by atoms with van der Waals surface area (Å²) in [7, 11) is 0. The Morgan fingerprint density at radius 3 is 2.84 bits per heavy atom. The molecule has 0 bridgehead atoms. The number of rotatable bonds is 6. The normalized spacial score (nSPS) is 20.7. The van der Waals surface area contributed by atoms with E-state index in [-0.39, 0.29) is 0 Å². The quantitative estimate of drug-likeness (QED) is 0.859. The molecule has 2 rings (SSSR count). The van der Waals surface area contributed by atoms with E-state index in [2.05, 4.69) is 18.3 Å². The zero-order valence-corrected chi connectivity index (χ0v) is 12.8. The average molecular weight is 302 g/mol. The van der Waals surface area contributed by atoms with Gasteiger partial charge in [-0.1, -0.05) is 36.2 Å². The van der Waals surface area contributed by atoms with Gasteiger partial charge in [0.1, 0.15) is 0 Å². The third-order valence-corrected chi connectivity index (χ3v) is 4.37. The molecule has 2 atom stereocenters. The van der Waals surface area contributed by atoms with Crippen molar-refractivity contribution < 1.29 is 4.74 Å². The Morgan fingerprint density at radius 2 is 2.21 bits per heavy atom. The maximum atomic E-state index is 6.08. The number of hydrogen-bond acceptors (Lipinski definition) is 2. The first-order valence-corrected chi connectivity index (χ1v) is 7.71. The molecule has 2 nitrogen and oxygen atoms in total. The van der Waals surface area contributed by atoms with Crippen LogP contribution in [0, 0.1) is 5.92 Å². The monoisotopic (exact) mass is 301 g/mol. The van der Waals surface area contributed by atoms with Gasteiger partial charge in [0.2, 0.25) is 0 Å². The molecule has 0 aliphatic carbocycles. The van der Waals surface area contributed by atoms with Gasteiger partial charge in [0.05, 0.1) is 16.7 Å². The molecule has 1 heterocycles. The molecule has 1 N–H and O–H groups in total. The topological polar surface area (TPSA) is 21.3 Å². The molecule has 19 heavy (non-hydrogen) atoms. The van der Waals surface area contributed by atoms with Crippen molar-refractivity contribution in [2.45, 2.75) is 32.2 Å². The molecule has 0 amide bonds. The van der Waals surface area contributed by atoms with Gasteiger partial charge in [-0.25, -0.2) is 0 Å². The van der Waals surface area contributed by atoms with Gasteiger partial charge in [0, 0.05) is 18.6 Å². The number of benzene rings is 1. The van der Waals surface area contributed by atoms with Crippen LogP contribution in [0.15, 0.2) is 18.2 Å². The molecule has 0 aromatic heterocycles. The molecule has 0 saturated carbocycles. The van der Waals surface area contributed by atoms with Crippen molar-refractivity contribution in [1.29, 1.82) is 0 Å². The van der Waals surface area contributed by atoms with E-state index < -0.39 is 0 Å². The van der Waals surface area contributed by atoms with Gasteiger partial charge in [-0.05, 0) is 43.5 Å². The summed E-state index contributed by atoms with van der Waals surface area (Å²) in [4.78, 5) is 0. The Balaban J connectivity index is 2.03. The summed E-state index contributed by atoms with van der Waals surface area (Å²) in [6.45, 7) is 4.98. The maximum Gasteiger partial charge on any atom is 0.0595 e. The smallest absolute Gasteiger partial charge is 0.0595 e. The fraction of sp³-hybridized carbons (Fsp3) is 0.600. The number of hydrogen-bond donors (Lipinski definition) is 1. The van der Waals surface area contributed by atoms with E-state index in [1.165, 1.54) is 5.56 Å². The van der Waals surface area contributed by atoms with E-state index in [1.54, 1.807) is 0 Å². The van der Waals surface area contributed by atoms with Crippen molar-refractivity contribution in [3.8, 4) is 0 Å². The first-order chi connectivity index (χ1) is 9.20. The van der Waals surface area contributed by atoms with Crippen molar-refractivity contribution in [2.24, 2.45) is 5.92 Å². The van der Waals surface area contributed by atoms with Crippen molar-refractivity contribution in [2.75, 3.05) is 19.8 Å². The molecule has 1 fully saturated rings. The highest BCUT2D eigenvalue weighted by Crippen LogP contribution is 2.25. The zero-order valence-electron chi connectivity index (χ0n) is 11.3. The molecule has 1 aromatic carbocycles. The van der Waals surface area contributed by atoms with Gasteiger partial charge < -0.3 is 10.1 Å². The van der Waals surface area contributed by atoms with Crippen LogP contribution in [-0.2, 0) is 11.2 Å². The molecule has 1 aliphatic rings. The van der Waals surface area contributed by atoms with Gasteiger partial charge in [0.25, 0.3) is 0 Å². The molecule has 4 heteroatoms. The number of nitrogens with one attached hydrogen (secondary N) is 1. The first-order valence-electron chi connectivity index (χ1n) is 6.95. The molecule has 0 radical (unpaired) electrons. The van der Waals surface area contributed by atoms with Gasteiger partial charge in [-0.3, -0.25) is 0 Å². The summed E-state index contributed by atoms with van der Waals surface area (Å²) in [6, 6.07) is 6.37. The third kappa shape index (κ3) is 4.35. The van der Waals surface area contributed by atoms with E-state index in [0.717, 1.165) is 39.0 Å². The van der Waals surface area contributed by atoms with E-state index in [4.69, 9.17) is 27.9 Å². The molecule has 1 aliphatic heterocycles. The molecule has 106 valence electrons. The summed E-state index contributed by atoms with van der Waals surface area (Å²) in [5.41, 5.74) is 1.23. The first kappa shape index (κ1) is 15.1. The van der Waals surface area contributed by atoms with Crippen LogP contribution in [-0.4, -0.2) is 25.8 Å². The second-order valence-electron chi connectivity index (χ2n) is 5.14. The molecule has 1 saturated heterocycles. The number of ether oxygens (including phenoxy) is 1. The predicted octanol–water partition coefficient (Wildman–Crippen LogP) is 3.94. The Morgan fingerprint density at radius 1 is 1.37 bits per heavy atom. The van der Waals surface area contributed by atoms with Gasteiger partial charge in [-0.2, -0.15) is 0 Å². The number of halogens is 2. The van der Waals surface area contributed by atoms with E-state index in [9.17, 15) is 0 Å². The molecule has 2 unspecified atom stereocenters. The maximum absolute atomic E-state index is 6.08. The van der Waals surface area contributed by atoms with Gasteiger partial charge in [0.15, 0.2) is 0 Å². The van der Waals surface area contributed by atoms with Crippen LogP contribution in [0.25, 0.3) is 0 Å². The highest BCUT2D eigenvalue weighted by molar-refractivity contribution is 6.42. The standard InChI is InChI=1S/C15H21Cl2NO/c1-2-6-18-15(12-5-7-19-10-12)9-11-3-4-13(16)14(17)8-11/h3-4,8,12,15,18H,2,5-7,9-10H2,1H3. The van der Waals surface area contributed by atoms with Gasteiger partial charge in [-0.15, -0.1) is 0 Å². The third-order valence-electron chi connectivity index (χ3n) is 3.63. The van der Waals surface area contributed by atoms with Crippen LogP contribution >= 0.6 is 23.2 Å². The Labute approximate surface area is 125 Å². The van der Waals surface area contributed by atoms with Crippen molar-refractivity contribution in [3.63, 3.8) is 0 Å². The summed E-state index contributed by atoms with van der Waals surface area (Å²) in [5.74, 6) is 0.598. The SMILES string of the molecule is CCCNC(Cc1ccc(Cl)c(Cl)c1)C1CCOC1. The second-order valence-corrected chi connectivity index (χ2v) is 5.95. The van der Waals surface area contributed by atoms with Crippen LogP contribution < -0.4 is 5.32 Å².